The van der Waals surface area contributed by atoms with E-state index in [1.165, 1.54) is 29.6 Å². The van der Waals surface area contributed by atoms with Crippen LogP contribution in [0.5, 0.6) is 0 Å². The van der Waals surface area contributed by atoms with Crippen LogP contribution in [-0.4, -0.2) is 56.6 Å². The highest BCUT2D eigenvalue weighted by molar-refractivity contribution is 5.97. The first kappa shape index (κ1) is 20.8. The van der Waals surface area contributed by atoms with Gasteiger partial charge >= 0.3 is 11.9 Å². The fraction of sp³-hybridized carbons (Fsp3) is 0.444. The van der Waals surface area contributed by atoms with E-state index in [1.54, 1.807) is 6.07 Å². The van der Waals surface area contributed by atoms with Crippen LogP contribution in [0.4, 0.5) is 18.9 Å². The third kappa shape index (κ3) is 4.39. The predicted molar refractivity (Wildman–Crippen MR) is 97.2 cm³/mol. The number of nitrogens with zero attached hydrogens (tertiary/aromatic N) is 5. The molecule has 1 amide bonds. The number of nitro groups is 1. The summed E-state index contributed by atoms with van der Waals surface area (Å²) in [4.78, 5) is 26.9. The van der Waals surface area contributed by atoms with Crippen molar-refractivity contribution in [3.63, 3.8) is 0 Å². The van der Waals surface area contributed by atoms with Gasteiger partial charge in [0, 0.05) is 39.8 Å². The first-order valence-electron chi connectivity index (χ1n) is 8.93. The molecule has 1 saturated heterocycles. The number of benzene rings is 1. The lowest BCUT2D eigenvalue weighted by Gasteiger charge is -2.34. The second kappa shape index (κ2) is 7.82. The number of aryl methyl sites for hydroxylation is 2. The number of amides is 1. The molecule has 1 aliphatic heterocycles. The van der Waals surface area contributed by atoms with Gasteiger partial charge in [-0.1, -0.05) is 18.2 Å². The summed E-state index contributed by atoms with van der Waals surface area (Å²) in [5.41, 5.74) is -0.355. The minimum absolute atomic E-state index is 0.0705. The number of rotatable bonds is 4. The Labute approximate surface area is 164 Å². The summed E-state index contributed by atoms with van der Waals surface area (Å²) < 4.78 is 39.8. The van der Waals surface area contributed by atoms with Crippen LogP contribution in [0.1, 0.15) is 27.3 Å². The Hall–Kier alpha value is -2.95. The summed E-state index contributed by atoms with van der Waals surface area (Å²) >= 11 is 0. The van der Waals surface area contributed by atoms with Crippen LogP contribution in [0.25, 0.3) is 0 Å². The van der Waals surface area contributed by atoms with Gasteiger partial charge in [0.1, 0.15) is 5.69 Å². The zero-order chi connectivity index (χ0) is 21.3. The summed E-state index contributed by atoms with van der Waals surface area (Å²) in [5.74, 6) is -0.474. The lowest BCUT2D eigenvalue weighted by atomic mass is 10.1. The molecule has 3 rings (SSSR count). The van der Waals surface area contributed by atoms with E-state index in [0.29, 0.717) is 38.3 Å². The van der Waals surface area contributed by atoms with E-state index in [1.807, 2.05) is 4.90 Å². The molecule has 2 heterocycles. The zero-order valence-corrected chi connectivity index (χ0v) is 15.9. The number of carbonyl (C=O) groups excluding carboxylic acids is 1. The van der Waals surface area contributed by atoms with Crippen molar-refractivity contribution in [2.75, 3.05) is 26.2 Å². The average molecular weight is 411 g/mol. The van der Waals surface area contributed by atoms with Crippen LogP contribution in [0.15, 0.2) is 24.3 Å². The summed E-state index contributed by atoms with van der Waals surface area (Å²) in [7, 11) is 1.48. The van der Waals surface area contributed by atoms with Gasteiger partial charge in [0.05, 0.1) is 10.5 Å². The molecule has 11 heteroatoms. The van der Waals surface area contributed by atoms with Crippen molar-refractivity contribution in [3.8, 4) is 0 Å². The van der Waals surface area contributed by atoms with Crippen molar-refractivity contribution in [2.24, 2.45) is 7.05 Å². The topological polar surface area (TPSA) is 84.5 Å². The summed E-state index contributed by atoms with van der Waals surface area (Å²) in [5, 5.41) is 15.3. The molecule has 1 aromatic carbocycles. The first-order chi connectivity index (χ1) is 13.6. The molecule has 0 unspecified atom stereocenters. The van der Waals surface area contributed by atoms with E-state index >= 15 is 0 Å². The SMILES string of the molecule is Cc1nn(C)c(C(=O)N2CCN(Cc3cccc(C(F)(F)F)c3)CC2)c1[N+](=O)[O-]. The van der Waals surface area contributed by atoms with Gasteiger partial charge in [0.25, 0.3) is 5.91 Å². The van der Waals surface area contributed by atoms with Crippen LogP contribution in [0, 0.1) is 17.0 Å². The molecule has 1 aliphatic rings. The fourth-order valence-corrected chi connectivity index (χ4v) is 3.47. The number of alkyl halides is 3. The van der Waals surface area contributed by atoms with Gasteiger partial charge in [0.2, 0.25) is 5.69 Å². The molecule has 29 heavy (non-hydrogen) atoms. The van der Waals surface area contributed by atoms with Crippen molar-refractivity contribution >= 4 is 11.6 Å². The third-order valence-corrected chi connectivity index (χ3v) is 4.90. The Bertz CT molecular complexity index is 933. The van der Waals surface area contributed by atoms with E-state index in [9.17, 15) is 28.1 Å². The van der Waals surface area contributed by atoms with Crippen LogP contribution in [0.3, 0.4) is 0 Å². The van der Waals surface area contributed by atoms with Crippen molar-refractivity contribution in [1.29, 1.82) is 0 Å². The smallest absolute Gasteiger partial charge is 0.335 e. The number of aromatic nitrogens is 2. The number of carbonyl (C=O) groups is 1. The number of hydrogen-bond donors (Lipinski definition) is 0. The summed E-state index contributed by atoms with van der Waals surface area (Å²) in [6.07, 6.45) is -4.39. The number of hydrogen-bond acceptors (Lipinski definition) is 5. The van der Waals surface area contributed by atoms with Crippen molar-refractivity contribution < 1.29 is 22.9 Å². The molecule has 0 radical (unpaired) electrons. The van der Waals surface area contributed by atoms with Gasteiger partial charge in [-0.3, -0.25) is 24.5 Å². The van der Waals surface area contributed by atoms with Crippen LogP contribution in [-0.2, 0) is 19.8 Å². The molecule has 0 spiro atoms. The molecule has 0 saturated carbocycles. The van der Waals surface area contributed by atoms with Crippen molar-refractivity contribution in [2.45, 2.75) is 19.6 Å². The highest BCUT2D eigenvalue weighted by Gasteiger charge is 2.34. The first-order valence-corrected chi connectivity index (χ1v) is 8.93. The standard InChI is InChI=1S/C18H20F3N5O3/c1-12-15(26(28)29)16(23(2)22-12)17(27)25-8-6-24(7-9-25)11-13-4-3-5-14(10-13)18(19,20)21/h3-5,10H,6-9,11H2,1-2H3. The molecule has 0 aliphatic carbocycles. The van der Waals surface area contributed by atoms with Gasteiger partial charge < -0.3 is 4.90 Å². The highest BCUT2D eigenvalue weighted by Crippen LogP contribution is 2.30. The minimum atomic E-state index is -4.39. The maximum Gasteiger partial charge on any atom is 0.416 e. The van der Waals surface area contributed by atoms with Gasteiger partial charge in [-0.05, 0) is 18.6 Å². The highest BCUT2D eigenvalue weighted by atomic mass is 19.4. The van der Waals surface area contributed by atoms with Gasteiger partial charge in [-0.2, -0.15) is 18.3 Å². The maximum absolute atomic E-state index is 12.9. The van der Waals surface area contributed by atoms with Gasteiger partial charge in [-0.25, -0.2) is 0 Å². The van der Waals surface area contributed by atoms with E-state index in [4.69, 9.17) is 0 Å². The zero-order valence-electron chi connectivity index (χ0n) is 15.9. The van der Waals surface area contributed by atoms with E-state index < -0.39 is 22.6 Å². The Kier molecular flexibility index (Phi) is 5.60. The Morgan fingerprint density at radius 2 is 1.90 bits per heavy atom. The van der Waals surface area contributed by atoms with Gasteiger partial charge in [-0.15, -0.1) is 0 Å². The Balaban J connectivity index is 1.66. The lowest BCUT2D eigenvalue weighted by Crippen LogP contribution is -2.48. The third-order valence-electron chi connectivity index (χ3n) is 4.90. The molecule has 1 fully saturated rings. The van der Waals surface area contributed by atoms with E-state index in [0.717, 1.165) is 12.1 Å². The molecule has 0 bridgehead atoms. The lowest BCUT2D eigenvalue weighted by molar-refractivity contribution is -0.385. The monoisotopic (exact) mass is 411 g/mol. The van der Waals surface area contributed by atoms with Crippen molar-refractivity contribution in [1.82, 2.24) is 19.6 Å². The molecule has 0 N–H and O–H groups in total. The molecular weight excluding hydrogens is 391 g/mol. The van der Waals surface area contributed by atoms with Crippen LogP contribution < -0.4 is 0 Å². The Morgan fingerprint density at radius 3 is 2.48 bits per heavy atom. The molecule has 1 aromatic heterocycles. The average Bonchev–Trinajstić information content (AvgIpc) is 2.95. The second-order valence-electron chi connectivity index (χ2n) is 6.93. The summed E-state index contributed by atoms with van der Waals surface area (Å²) in [6, 6.07) is 5.17. The summed E-state index contributed by atoms with van der Waals surface area (Å²) in [6.45, 7) is 3.34. The van der Waals surface area contributed by atoms with Crippen LogP contribution >= 0.6 is 0 Å². The number of piperazine rings is 1. The second-order valence-corrected chi connectivity index (χ2v) is 6.93. The van der Waals surface area contributed by atoms with E-state index in [-0.39, 0.29) is 17.1 Å². The quantitative estimate of drug-likeness (QED) is 0.570. The van der Waals surface area contributed by atoms with Crippen molar-refractivity contribution in [3.05, 3.63) is 56.9 Å². The molecule has 8 nitrogen and oxygen atoms in total. The molecule has 0 atom stereocenters. The van der Waals surface area contributed by atoms with Crippen LogP contribution in [0.2, 0.25) is 0 Å². The molecule has 156 valence electrons. The number of halogens is 3. The molecular formula is C18H20F3N5O3. The molecule has 2 aromatic rings. The van der Waals surface area contributed by atoms with Gasteiger partial charge in [0.15, 0.2) is 0 Å². The van der Waals surface area contributed by atoms with E-state index in [2.05, 4.69) is 5.10 Å². The normalized spacial score (nSPS) is 15.6. The minimum Gasteiger partial charge on any atom is -0.335 e. The Morgan fingerprint density at radius 1 is 1.24 bits per heavy atom. The predicted octanol–water partition coefficient (Wildman–Crippen LogP) is 2.61. The largest absolute Gasteiger partial charge is 0.416 e. The fourth-order valence-electron chi connectivity index (χ4n) is 3.47. The maximum atomic E-state index is 12.9.